The molecule has 3 heterocycles. The van der Waals surface area contributed by atoms with Gasteiger partial charge in [0.1, 0.15) is 11.9 Å². The smallest absolute Gasteiger partial charge is 0.343 e. The van der Waals surface area contributed by atoms with Crippen molar-refractivity contribution in [3.05, 3.63) is 69.4 Å². The average molecular weight is 594 g/mol. The Morgan fingerprint density at radius 2 is 1.82 bits per heavy atom. The van der Waals surface area contributed by atoms with Gasteiger partial charge in [-0.15, -0.1) is 0 Å². The summed E-state index contributed by atoms with van der Waals surface area (Å²) in [5.41, 5.74) is -1.70. The van der Waals surface area contributed by atoms with Crippen LogP contribution in [0.2, 0.25) is 0 Å². The van der Waals surface area contributed by atoms with Gasteiger partial charge in [-0.1, -0.05) is 34.1 Å². The summed E-state index contributed by atoms with van der Waals surface area (Å²) in [5.74, 6) is -1.48. The number of rotatable bonds is 7. The molecule has 1 saturated carbocycles. The van der Waals surface area contributed by atoms with Crippen molar-refractivity contribution in [1.82, 2.24) is 10.2 Å². The SMILES string of the molecule is O=C(N=CC1CN2CCC1CC2)[C@H](Cc1ccc(Br)cc1)NC(=O)C1(c2ccc(C(F)(F)F)cc2F)CC1. The molecule has 10 heteroatoms. The van der Waals surface area contributed by atoms with E-state index in [1.807, 2.05) is 24.3 Å². The second-order valence-electron chi connectivity index (χ2n) is 10.5. The molecule has 2 bridgehead atoms. The van der Waals surface area contributed by atoms with E-state index in [-0.39, 0.29) is 30.7 Å². The molecule has 202 valence electrons. The Morgan fingerprint density at radius 1 is 1.13 bits per heavy atom. The molecule has 0 aromatic heterocycles. The lowest BCUT2D eigenvalue weighted by atomic mass is 9.80. The Hall–Kier alpha value is -2.59. The molecule has 6 rings (SSSR count). The summed E-state index contributed by atoms with van der Waals surface area (Å²) >= 11 is 3.38. The maximum atomic E-state index is 14.8. The highest BCUT2D eigenvalue weighted by atomic mass is 79.9. The van der Waals surface area contributed by atoms with Gasteiger partial charge < -0.3 is 10.2 Å². The number of nitrogens with one attached hydrogen (secondary N) is 1. The number of halogens is 5. The summed E-state index contributed by atoms with van der Waals surface area (Å²) in [6.07, 6.45) is -0.0848. The zero-order valence-electron chi connectivity index (χ0n) is 20.6. The van der Waals surface area contributed by atoms with Crippen LogP contribution < -0.4 is 5.32 Å². The van der Waals surface area contributed by atoms with E-state index in [4.69, 9.17) is 0 Å². The number of piperidine rings is 3. The van der Waals surface area contributed by atoms with E-state index >= 15 is 0 Å². The third-order valence-corrected chi connectivity index (χ3v) is 8.58. The van der Waals surface area contributed by atoms with Crippen molar-refractivity contribution in [1.29, 1.82) is 0 Å². The summed E-state index contributed by atoms with van der Waals surface area (Å²) in [5, 5.41) is 2.76. The molecule has 2 amide bonds. The summed E-state index contributed by atoms with van der Waals surface area (Å²) in [6, 6.07) is 8.56. The third-order valence-electron chi connectivity index (χ3n) is 8.05. The minimum Gasteiger partial charge on any atom is -0.343 e. The lowest BCUT2D eigenvalue weighted by Gasteiger charge is -2.43. The molecule has 1 aliphatic carbocycles. The number of carbonyl (C=O) groups excluding carboxylic acids is 2. The minimum atomic E-state index is -4.69. The quantitative estimate of drug-likeness (QED) is 0.350. The van der Waals surface area contributed by atoms with Crippen molar-refractivity contribution in [2.45, 2.75) is 49.7 Å². The molecule has 38 heavy (non-hydrogen) atoms. The Morgan fingerprint density at radius 3 is 2.37 bits per heavy atom. The molecule has 0 radical (unpaired) electrons. The van der Waals surface area contributed by atoms with Gasteiger partial charge in [-0.25, -0.2) is 9.38 Å². The molecule has 1 unspecified atom stereocenters. The number of fused-ring (bicyclic) bond motifs is 3. The lowest BCUT2D eigenvalue weighted by Crippen LogP contribution is -2.48. The second kappa shape index (κ2) is 10.5. The van der Waals surface area contributed by atoms with Gasteiger partial charge in [0.15, 0.2) is 0 Å². The first-order chi connectivity index (χ1) is 18.0. The van der Waals surface area contributed by atoms with Gasteiger partial charge in [-0.3, -0.25) is 9.59 Å². The van der Waals surface area contributed by atoms with E-state index in [0.29, 0.717) is 12.0 Å². The largest absolute Gasteiger partial charge is 0.416 e. The normalized spacial score (nSPS) is 24.8. The average Bonchev–Trinajstić information content (AvgIpc) is 3.70. The molecule has 5 nitrogen and oxygen atoms in total. The molecular formula is C28H28BrF4N3O2. The van der Waals surface area contributed by atoms with Gasteiger partial charge in [0.25, 0.3) is 5.91 Å². The minimum absolute atomic E-state index is 0.0892. The van der Waals surface area contributed by atoms with Crippen molar-refractivity contribution in [2.75, 3.05) is 19.6 Å². The van der Waals surface area contributed by atoms with Gasteiger partial charge in [0, 0.05) is 35.1 Å². The molecule has 4 fully saturated rings. The van der Waals surface area contributed by atoms with Crippen LogP contribution in [0.3, 0.4) is 0 Å². The Kier molecular flexibility index (Phi) is 7.48. The fourth-order valence-electron chi connectivity index (χ4n) is 5.61. The molecule has 1 N–H and O–H groups in total. The van der Waals surface area contributed by atoms with Gasteiger partial charge in [0.05, 0.1) is 11.0 Å². The molecule has 4 aliphatic rings. The summed E-state index contributed by atoms with van der Waals surface area (Å²) in [4.78, 5) is 33.3. The first-order valence-corrected chi connectivity index (χ1v) is 13.6. The number of amides is 2. The topological polar surface area (TPSA) is 61.8 Å². The number of benzene rings is 2. The van der Waals surface area contributed by atoms with Crippen LogP contribution in [-0.2, 0) is 27.6 Å². The predicted molar refractivity (Wildman–Crippen MR) is 138 cm³/mol. The van der Waals surface area contributed by atoms with Crippen molar-refractivity contribution in [2.24, 2.45) is 16.8 Å². The third kappa shape index (κ3) is 5.71. The van der Waals surface area contributed by atoms with Crippen LogP contribution in [0.4, 0.5) is 17.6 Å². The molecular weight excluding hydrogens is 566 g/mol. The molecule has 3 aliphatic heterocycles. The highest BCUT2D eigenvalue weighted by Crippen LogP contribution is 2.50. The zero-order valence-corrected chi connectivity index (χ0v) is 22.2. The fraction of sp³-hybridized carbons (Fsp3) is 0.464. The van der Waals surface area contributed by atoms with Crippen LogP contribution in [-0.4, -0.2) is 48.6 Å². The second-order valence-corrected chi connectivity index (χ2v) is 11.5. The lowest BCUT2D eigenvalue weighted by molar-refractivity contribution is -0.137. The van der Waals surface area contributed by atoms with Crippen molar-refractivity contribution in [3.63, 3.8) is 0 Å². The maximum Gasteiger partial charge on any atom is 0.416 e. The van der Waals surface area contributed by atoms with Crippen LogP contribution in [0.15, 0.2) is 51.9 Å². The first kappa shape index (κ1) is 27.0. The Balaban J connectivity index is 1.35. The molecule has 0 spiro atoms. The number of alkyl halides is 3. The van der Waals surface area contributed by atoms with Gasteiger partial charge in [0.2, 0.25) is 5.91 Å². The van der Waals surface area contributed by atoms with Crippen molar-refractivity contribution >= 4 is 34.0 Å². The zero-order chi connectivity index (χ0) is 27.1. The van der Waals surface area contributed by atoms with E-state index in [9.17, 15) is 27.2 Å². The summed E-state index contributed by atoms with van der Waals surface area (Å²) in [7, 11) is 0. The van der Waals surface area contributed by atoms with E-state index in [1.54, 1.807) is 6.21 Å². The Labute approximate surface area is 226 Å². The molecule has 3 saturated heterocycles. The summed E-state index contributed by atoms with van der Waals surface area (Å²) in [6.45, 7) is 2.99. The van der Waals surface area contributed by atoms with Crippen LogP contribution in [0.25, 0.3) is 0 Å². The number of aliphatic imine (C=N–C) groups is 1. The predicted octanol–water partition coefficient (Wildman–Crippen LogP) is 5.31. The van der Waals surface area contributed by atoms with E-state index in [0.717, 1.165) is 54.6 Å². The number of hydrogen-bond acceptors (Lipinski definition) is 3. The maximum absolute atomic E-state index is 14.8. The standard InChI is InChI=1S/C28H28BrF4N3O2/c29-21-4-1-17(2-5-21)13-24(25(37)34-15-19-16-36-11-7-18(19)8-12-36)35-26(38)27(9-10-27)22-6-3-20(14-23(22)30)28(31,32)33/h1-6,14-15,18-19,24H,7-13,16H2,(H,35,38)/t19?,24-/m0/s1. The van der Waals surface area contributed by atoms with Crippen LogP contribution in [0.5, 0.6) is 0 Å². The van der Waals surface area contributed by atoms with E-state index < -0.39 is 40.8 Å². The molecule has 2 aromatic carbocycles. The number of hydrogen-bond donors (Lipinski definition) is 1. The van der Waals surface area contributed by atoms with Gasteiger partial charge >= 0.3 is 6.18 Å². The van der Waals surface area contributed by atoms with Crippen LogP contribution in [0.1, 0.15) is 42.4 Å². The van der Waals surface area contributed by atoms with Gasteiger partial charge in [-0.05, 0) is 74.5 Å². The van der Waals surface area contributed by atoms with E-state index in [2.05, 4.69) is 31.1 Å². The van der Waals surface area contributed by atoms with E-state index in [1.165, 1.54) is 0 Å². The fourth-order valence-corrected chi connectivity index (χ4v) is 5.88. The number of carbonyl (C=O) groups is 2. The van der Waals surface area contributed by atoms with Gasteiger partial charge in [-0.2, -0.15) is 13.2 Å². The Bertz CT molecular complexity index is 1240. The van der Waals surface area contributed by atoms with Crippen molar-refractivity contribution in [3.8, 4) is 0 Å². The summed E-state index contributed by atoms with van der Waals surface area (Å²) < 4.78 is 54.7. The molecule has 2 aromatic rings. The van der Waals surface area contributed by atoms with Crippen LogP contribution >= 0.6 is 15.9 Å². The number of nitrogens with zero attached hydrogens (tertiary/aromatic N) is 2. The monoisotopic (exact) mass is 593 g/mol. The highest BCUT2D eigenvalue weighted by Gasteiger charge is 2.53. The molecule has 2 atom stereocenters. The van der Waals surface area contributed by atoms with Crippen molar-refractivity contribution < 1.29 is 27.2 Å². The highest BCUT2D eigenvalue weighted by molar-refractivity contribution is 9.10. The first-order valence-electron chi connectivity index (χ1n) is 12.8. The van der Waals surface area contributed by atoms with Crippen LogP contribution in [0, 0.1) is 17.7 Å².